The third kappa shape index (κ3) is 4.99. The molecule has 10 heteroatoms. The Labute approximate surface area is 203 Å². The fourth-order valence-electron chi connectivity index (χ4n) is 4.52. The second kappa shape index (κ2) is 9.87. The van der Waals surface area contributed by atoms with Gasteiger partial charge >= 0.3 is 0 Å². The number of H-pyrrole nitrogens is 1. The van der Waals surface area contributed by atoms with Crippen molar-refractivity contribution < 1.29 is 22.0 Å². The van der Waals surface area contributed by atoms with Gasteiger partial charge in [0.15, 0.2) is 0 Å². The maximum Gasteiger partial charge on any atom is 0.255 e. The van der Waals surface area contributed by atoms with Crippen LogP contribution in [-0.2, 0) is 16.6 Å². The Morgan fingerprint density at radius 3 is 2.57 bits per heavy atom. The normalized spacial score (nSPS) is 20.9. The number of nitrogens with one attached hydrogen (secondary N) is 2. The van der Waals surface area contributed by atoms with Crippen molar-refractivity contribution in [1.82, 2.24) is 19.8 Å². The monoisotopic (exact) mass is 502 g/mol. The number of aryl methyl sites for hydroxylation is 1. The SMILES string of the molecule is Cc1n[nH]cc1C(=O)NC(C)c1cc(F)c(CN2[C@H](C)CC[C@@H](c3ccccc3)S2(=O)=O)cc1F. The van der Waals surface area contributed by atoms with Crippen LogP contribution in [0.25, 0.3) is 0 Å². The second-order valence-electron chi connectivity index (χ2n) is 8.96. The van der Waals surface area contributed by atoms with Crippen LogP contribution in [0.15, 0.2) is 48.7 Å². The molecule has 7 nitrogen and oxygen atoms in total. The second-order valence-corrected chi connectivity index (χ2v) is 11.0. The zero-order valence-electron chi connectivity index (χ0n) is 19.8. The van der Waals surface area contributed by atoms with E-state index in [1.54, 1.807) is 45.0 Å². The molecule has 1 aliphatic rings. The molecule has 35 heavy (non-hydrogen) atoms. The zero-order chi connectivity index (χ0) is 25.3. The van der Waals surface area contributed by atoms with Crippen LogP contribution in [0.4, 0.5) is 8.78 Å². The minimum Gasteiger partial charge on any atom is -0.345 e. The van der Waals surface area contributed by atoms with Gasteiger partial charge in [0.05, 0.1) is 17.3 Å². The lowest BCUT2D eigenvalue weighted by molar-refractivity contribution is 0.0938. The number of nitrogens with zero attached hydrogens (tertiary/aromatic N) is 2. The molecule has 4 rings (SSSR count). The molecular formula is C25H28F2N4O3S. The molecule has 1 unspecified atom stereocenters. The van der Waals surface area contributed by atoms with Crippen LogP contribution in [0.1, 0.15) is 70.7 Å². The number of halogens is 2. The molecule has 2 heterocycles. The summed E-state index contributed by atoms with van der Waals surface area (Å²) in [5, 5.41) is 8.38. The molecule has 0 aliphatic carbocycles. The molecular weight excluding hydrogens is 474 g/mol. The van der Waals surface area contributed by atoms with Crippen LogP contribution in [0.2, 0.25) is 0 Å². The van der Waals surface area contributed by atoms with Gasteiger partial charge in [0.2, 0.25) is 10.0 Å². The predicted molar refractivity (Wildman–Crippen MR) is 128 cm³/mol. The van der Waals surface area contributed by atoms with Gasteiger partial charge in [0.25, 0.3) is 5.91 Å². The number of carbonyl (C=O) groups excluding carboxylic acids is 1. The Morgan fingerprint density at radius 2 is 1.91 bits per heavy atom. The smallest absolute Gasteiger partial charge is 0.255 e. The van der Waals surface area contributed by atoms with E-state index in [1.165, 1.54) is 10.5 Å². The van der Waals surface area contributed by atoms with Gasteiger partial charge in [0, 0.05) is 29.9 Å². The van der Waals surface area contributed by atoms with Crippen molar-refractivity contribution in [2.24, 2.45) is 0 Å². The highest BCUT2D eigenvalue weighted by Gasteiger charge is 2.40. The van der Waals surface area contributed by atoms with Crippen LogP contribution >= 0.6 is 0 Å². The van der Waals surface area contributed by atoms with Gasteiger partial charge in [-0.05, 0) is 51.3 Å². The zero-order valence-corrected chi connectivity index (χ0v) is 20.6. The van der Waals surface area contributed by atoms with E-state index in [2.05, 4.69) is 15.5 Å². The third-order valence-electron chi connectivity index (χ3n) is 6.58. The molecule has 2 aromatic carbocycles. The van der Waals surface area contributed by atoms with Crippen LogP contribution in [0, 0.1) is 18.6 Å². The summed E-state index contributed by atoms with van der Waals surface area (Å²) in [6.07, 6.45) is 2.50. The average Bonchev–Trinajstić information content (AvgIpc) is 3.24. The van der Waals surface area contributed by atoms with Crippen molar-refractivity contribution in [2.45, 2.75) is 57.5 Å². The van der Waals surface area contributed by atoms with E-state index in [0.29, 0.717) is 29.7 Å². The number of aromatic nitrogens is 2. The molecule has 0 bridgehead atoms. The Morgan fingerprint density at radius 1 is 1.20 bits per heavy atom. The summed E-state index contributed by atoms with van der Waals surface area (Å²) in [6.45, 7) is 4.71. The van der Waals surface area contributed by atoms with Gasteiger partial charge in [-0.2, -0.15) is 9.40 Å². The number of aromatic amines is 1. The van der Waals surface area contributed by atoms with Crippen molar-refractivity contribution in [3.05, 3.63) is 88.2 Å². The Kier molecular flexibility index (Phi) is 7.05. The first-order chi connectivity index (χ1) is 16.6. The summed E-state index contributed by atoms with van der Waals surface area (Å²) in [5.41, 5.74) is 1.40. The van der Waals surface area contributed by atoms with Crippen molar-refractivity contribution in [3.63, 3.8) is 0 Å². The molecule has 3 atom stereocenters. The first-order valence-corrected chi connectivity index (χ1v) is 12.9. The minimum atomic E-state index is -3.79. The fraction of sp³-hybridized carbons (Fsp3) is 0.360. The van der Waals surface area contributed by atoms with Crippen LogP contribution in [-0.4, -0.2) is 34.9 Å². The molecule has 0 spiro atoms. The summed E-state index contributed by atoms with van der Waals surface area (Å²) in [6, 6.07) is 9.80. The lowest BCUT2D eigenvalue weighted by atomic mass is 10.0. The number of hydrogen-bond acceptors (Lipinski definition) is 4. The highest BCUT2D eigenvalue weighted by Crippen LogP contribution is 2.38. The third-order valence-corrected chi connectivity index (χ3v) is 8.95. The first-order valence-electron chi connectivity index (χ1n) is 11.4. The molecule has 1 aromatic heterocycles. The van der Waals surface area contributed by atoms with Gasteiger partial charge in [-0.25, -0.2) is 17.2 Å². The van der Waals surface area contributed by atoms with Gasteiger partial charge in [0.1, 0.15) is 16.9 Å². The van der Waals surface area contributed by atoms with E-state index in [-0.39, 0.29) is 23.7 Å². The number of hydrogen-bond donors (Lipinski definition) is 2. The summed E-state index contributed by atoms with van der Waals surface area (Å²) in [5.74, 6) is -1.92. The average molecular weight is 503 g/mol. The van der Waals surface area contributed by atoms with Gasteiger partial charge < -0.3 is 5.32 Å². The molecule has 186 valence electrons. The van der Waals surface area contributed by atoms with Crippen molar-refractivity contribution in [1.29, 1.82) is 0 Å². The van der Waals surface area contributed by atoms with E-state index in [4.69, 9.17) is 0 Å². The number of rotatable bonds is 6. The molecule has 1 aliphatic heterocycles. The molecule has 1 amide bonds. The van der Waals surface area contributed by atoms with E-state index in [9.17, 15) is 13.2 Å². The quantitative estimate of drug-likeness (QED) is 0.517. The number of benzene rings is 2. The van der Waals surface area contributed by atoms with Gasteiger partial charge in [-0.15, -0.1) is 0 Å². The highest BCUT2D eigenvalue weighted by molar-refractivity contribution is 7.89. The maximum atomic E-state index is 15.1. The van der Waals surface area contributed by atoms with E-state index < -0.39 is 38.9 Å². The number of amides is 1. The maximum absolute atomic E-state index is 15.1. The summed E-state index contributed by atoms with van der Waals surface area (Å²) >= 11 is 0. The van der Waals surface area contributed by atoms with E-state index in [1.807, 2.05) is 6.07 Å². The Bertz CT molecular complexity index is 1330. The Balaban J connectivity index is 1.56. The molecule has 1 fully saturated rings. The van der Waals surface area contributed by atoms with Crippen molar-refractivity contribution in [3.8, 4) is 0 Å². The number of sulfonamides is 1. The highest BCUT2D eigenvalue weighted by atomic mass is 32.2. The topological polar surface area (TPSA) is 95.2 Å². The molecule has 3 aromatic rings. The summed E-state index contributed by atoms with van der Waals surface area (Å²) in [7, 11) is -3.79. The van der Waals surface area contributed by atoms with Gasteiger partial charge in [-0.3, -0.25) is 9.89 Å². The Hall–Kier alpha value is -3.11. The van der Waals surface area contributed by atoms with Crippen molar-refractivity contribution in [2.75, 3.05) is 0 Å². The fourth-order valence-corrected chi connectivity index (χ4v) is 6.70. The summed E-state index contributed by atoms with van der Waals surface area (Å²) < 4.78 is 58.2. The van der Waals surface area contributed by atoms with E-state index >= 15 is 8.78 Å². The standard InChI is InChI=1S/C25H28F2N4O3S/c1-15-9-10-24(18-7-5-4-6-8-18)35(33,34)31(15)14-19-11-23(27)20(12-22(19)26)16(2)29-25(32)21-13-28-30-17(21)3/h4-8,11-13,15-16,24H,9-10,14H2,1-3H3,(H,28,30)(H,29,32)/t15-,16?,24+/m1/s1. The lowest BCUT2D eigenvalue weighted by Gasteiger charge is -2.37. The minimum absolute atomic E-state index is 0.0301. The molecule has 1 saturated heterocycles. The first kappa shape index (κ1) is 25.0. The van der Waals surface area contributed by atoms with Crippen LogP contribution < -0.4 is 5.32 Å². The number of carbonyl (C=O) groups is 1. The molecule has 0 saturated carbocycles. The van der Waals surface area contributed by atoms with Crippen molar-refractivity contribution >= 4 is 15.9 Å². The van der Waals surface area contributed by atoms with Crippen LogP contribution in [0.3, 0.4) is 0 Å². The molecule has 0 radical (unpaired) electrons. The van der Waals surface area contributed by atoms with Crippen LogP contribution in [0.5, 0.6) is 0 Å². The predicted octanol–water partition coefficient (Wildman–Crippen LogP) is 4.54. The van der Waals surface area contributed by atoms with Gasteiger partial charge in [-0.1, -0.05) is 30.3 Å². The van der Waals surface area contributed by atoms with E-state index in [0.717, 1.165) is 12.1 Å². The largest absolute Gasteiger partial charge is 0.345 e. The lowest BCUT2D eigenvalue weighted by Crippen LogP contribution is -2.44. The molecule has 2 N–H and O–H groups in total. The summed E-state index contributed by atoms with van der Waals surface area (Å²) in [4.78, 5) is 12.4.